The van der Waals surface area contributed by atoms with Gasteiger partial charge in [0.15, 0.2) is 5.82 Å². The average Bonchev–Trinajstić information content (AvgIpc) is 2.63. The molecule has 2 aromatic heterocycles. The van der Waals surface area contributed by atoms with E-state index in [0.717, 1.165) is 14.9 Å². The molecular formula is C11H9BrCl2N2S. The summed E-state index contributed by atoms with van der Waals surface area (Å²) < 4.78 is 1.00. The molecule has 0 bridgehead atoms. The van der Waals surface area contributed by atoms with Crippen molar-refractivity contribution >= 4 is 50.5 Å². The molecule has 0 unspecified atom stereocenters. The van der Waals surface area contributed by atoms with Crippen molar-refractivity contribution in [3.63, 3.8) is 0 Å². The molecule has 0 fully saturated rings. The Labute approximate surface area is 122 Å². The number of nitrogens with zero attached hydrogens (tertiary/aromatic N) is 2. The highest BCUT2D eigenvalue weighted by Gasteiger charge is 2.16. The minimum Gasteiger partial charge on any atom is -0.215 e. The van der Waals surface area contributed by atoms with E-state index in [1.165, 1.54) is 0 Å². The van der Waals surface area contributed by atoms with E-state index < -0.39 is 0 Å². The number of hydrogen-bond acceptors (Lipinski definition) is 3. The second-order valence-electron chi connectivity index (χ2n) is 3.83. The van der Waals surface area contributed by atoms with E-state index in [2.05, 4.69) is 25.9 Å². The SMILES string of the molecule is CC(C)c1c(Cl)nc(-c2cc(Br)cs2)nc1Cl. The zero-order valence-electron chi connectivity index (χ0n) is 9.17. The maximum Gasteiger partial charge on any atom is 0.172 e. The Bertz CT molecular complexity index is 531. The first-order valence-corrected chi connectivity index (χ1v) is 7.39. The van der Waals surface area contributed by atoms with Crippen LogP contribution in [0.4, 0.5) is 0 Å². The Balaban J connectivity index is 2.52. The molecule has 0 atom stereocenters. The lowest BCUT2D eigenvalue weighted by Crippen LogP contribution is -1.98. The van der Waals surface area contributed by atoms with Gasteiger partial charge in [0.2, 0.25) is 0 Å². The van der Waals surface area contributed by atoms with Crippen molar-refractivity contribution in [1.29, 1.82) is 0 Å². The van der Waals surface area contributed by atoms with Crippen molar-refractivity contribution in [3.05, 3.63) is 31.8 Å². The highest BCUT2D eigenvalue weighted by Crippen LogP contribution is 2.33. The molecule has 0 radical (unpaired) electrons. The second-order valence-corrected chi connectivity index (χ2v) is 6.37. The highest BCUT2D eigenvalue weighted by molar-refractivity contribution is 9.10. The van der Waals surface area contributed by atoms with Crippen LogP contribution < -0.4 is 0 Å². The van der Waals surface area contributed by atoms with Crippen LogP contribution in [0.1, 0.15) is 25.3 Å². The Morgan fingerprint density at radius 1 is 1.24 bits per heavy atom. The molecule has 0 amide bonds. The lowest BCUT2D eigenvalue weighted by molar-refractivity contribution is 0.848. The fourth-order valence-corrected chi connectivity index (χ4v) is 3.62. The third-order valence-corrected chi connectivity index (χ3v) is 4.48. The Hall–Kier alpha value is -0.160. The number of thiophene rings is 1. The van der Waals surface area contributed by atoms with E-state index in [4.69, 9.17) is 23.2 Å². The number of hydrogen-bond donors (Lipinski definition) is 0. The Kier molecular flexibility index (Phi) is 4.08. The van der Waals surface area contributed by atoms with Crippen LogP contribution in [-0.2, 0) is 0 Å². The summed E-state index contributed by atoms with van der Waals surface area (Å²) in [6.07, 6.45) is 0. The summed E-state index contributed by atoms with van der Waals surface area (Å²) in [7, 11) is 0. The smallest absolute Gasteiger partial charge is 0.172 e. The molecule has 0 saturated carbocycles. The molecule has 0 N–H and O–H groups in total. The van der Waals surface area contributed by atoms with Gasteiger partial charge in [0.25, 0.3) is 0 Å². The van der Waals surface area contributed by atoms with Crippen molar-refractivity contribution in [3.8, 4) is 10.7 Å². The monoisotopic (exact) mass is 350 g/mol. The summed E-state index contributed by atoms with van der Waals surface area (Å²) in [5, 5.41) is 2.83. The number of aromatic nitrogens is 2. The van der Waals surface area contributed by atoms with Gasteiger partial charge in [0, 0.05) is 15.4 Å². The van der Waals surface area contributed by atoms with Crippen LogP contribution in [0, 0.1) is 0 Å². The summed E-state index contributed by atoms with van der Waals surface area (Å²) in [5.74, 6) is 0.777. The molecule has 0 aliphatic carbocycles. The van der Waals surface area contributed by atoms with Crippen LogP contribution in [0.15, 0.2) is 15.9 Å². The van der Waals surface area contributed by atoms with E-state index in [-0.39, 0.29) is 5.92 Å². The van der Waals surface area contributed by atoms with Gasteiger partial charge in [-0.15, -0.1) is 11.3 Å². The third kappa shape index (κ3) is 2.81. The molecule has 2 aromatic rings. The lowest BCUT2D eigenvalue weighted by atomic mass is 10.1. The molecule has 0 aromatic carbocycles. The van der Waals surface area contributed by atoms with Crippen molar-refractivity contribution in [2.45, 2.75) is 19.8 Å². The van der Waals surface area contributed by atoms with E-state index in [1.807, 2.05) is 25.3 Å². The molecule has 90 valence electrons. The van der Waals surface area contributed by atoms with Crippen molar-refractivity contribution in [2.24, 2.45) is 0 Å². The lowest BCUT2D eigenvalue weighted by Gasteiger charge is -2.10. The van der Waals surface area contributed by atoms with Gasteiger partial charge in [-0.25, -0.2) is 9.97 Å². The van der Waals surface area contributed by atoms with E-state index >= 15 is 0 Å². The van der Waals surface area contributed by atoms with Gasteiger partial charge in [-0.1, -0.05) is 37.0 Å². The zero-order valence-corrected chi connectivity index (χ0v) is 13.1. The van der Waals surface area contributed by atoms with E-state index in [9.17, 15) is 0 Å². The Morgan fingerprint density at radius 3 is 2.24 bits per heavy atom. The van der Waals surface area contributed by atoms with Gasteiger partial charge in [-0.2, -0.15) is 0 Å². The molecular weight excluding hydrogens is 343 g/mol. The quantitative estimate of drug-likeness (QED) is 0.677. The van der Waals surface area contributed by atoms with Gasteiger partial charge < -0.3 is 0 Å². The predicted octanol–water partition coefficient (Wildman–Crippen LogP) is 5.40. The molecule has 6 heteroatoms. The van der Waals surface area contributed by atoms with Crippen LogP contribution in [0.3, 0.4) is 0 Å². The molecule has 0 saturated heterocycles. The van der Waals surface area contributed by atoms with Gasteiger partial charge in [0.05, 0.1) is 4.88 Å². The zero-order chi connectivity index (χ0) is 12.6. The minimum absolute atomic E-state index is 0.208. The van der Waals surface area contributed by atoms with Gasteiger partial charge in [-0.3, -0.25) is 0 Å². The fraction of sp³-hybridized carbons (Fsp3) is 0.273. The fourth-order valence-electron chi connectivity index (χ4n) is 1.43. The summed E-state index contributed by atoms with van der Waals surface area (Å²) in [6, 6.07) is 1.95. The third-order valence-electron chi connectivity index (χ3n) is 2.22. The summed E-state index contributed by atoms with van der Waals surface area (Å²) in [6.45, 7) is 4.02. The minimum atomic E-state index is 0.208. The summed E-state index contributed by atoms with van der Waals surface area (Å²) in [5.41, 5.74) is 0.799. The van der Waals surface area contributed by atoms with Gasteiger partial charge >= 0.3 is 0 Å². The normalized spacial score (nSPS) is 11.2. The van der Waals surface area contributed by atoms with E-state index in [0.29, 0.717) is 16.1 Å². The highest BCUT2D eigenvalue weighted by atomic mass is 79.9. The van der Waals surface area contributed by atoms with Crippen molar-refractivity contribution < 1.29 is 0 Å². The van der Waals surface area contributed by atoms with Crippen LogP contribution in [0.2, 0.25) is 10.3 Å². The molecule has 2 nitrogen and oxygen atoms in total. The van der Waals surface area contributed by atoms with E-state index in [1.54, 1.807) is 11.3 Å². The van der Waals surface area contributed by atoms with Crippen molar-refractivity contribution in [2.75, 3.05) is 0 Å². The number of rotatable bonds is 2. The molecule has 2 heterocycles. The van der Waals surface area contributed by atoms with Gasteiger partial charge in [-0.05, 0) is 27.9 Å². The first-order chi connectivity index (χ1) is 7.99. The van der Waals surface area contributed by atoms with Crippen LogP contribution in [-0.4, -0.2) is 9.97 Å². The number of halogens is 3. The summed E-state index contributed by atoms with van der Waals surface area (Å²) >= 11 is 17.2. The Morgan fingerprint density at radius 2 is 1.82 bits per heavy atom. The maximum atomic E-state index is 6.14. The first kappa shape index (κ1) is 13.3. The van der Waals surface area contributed by atoms with Gasteiger partial charge in [0.1, 0.15) is 10.3 Å². The predicted molar refractivity (Wildman–Crippen MR) is 77.2 cm³/mol. The topological polar surface area (TPSA) is 25.8 Å². The molecule has 0 aliphatic heterocycles. The van der Waals surface area contributed by atoms with Crippen LogP contribution in [0.5, 0.6) is 0 Å². The molecule has 0 aliphatic rings. The van der Waals surface area contributed by atoms with Crippen LogP contribution >= 0.6 is 50.5 Å². The molecule has 17 heavy (non-hydrogen) atoms. The standard InChI is InChI=1S/C11H9BrCl2N2S/c1-5(2)8-9(13)15-11(16-10(8)14)7-3-6(12)4-17-7/h3-5H,1-2H3. The van der Waals surface area contributed by atoms with Crippen LogP contribution in [0.25, 0.3) is 10.7 Å². The summed E-state index contributed by atoms with van der Waals surface area (Å²) in [4.78, 5) is 9.54. The first-order valence-electron chi connectivity index (χ1n) is 4.96. The second kappa shape index (κ2) is 5.22. The molecule has 2 rings (SSSR count). The largest absolute Gasteiger partial charge is 0.215 e. The maximum absolute atomic E-state index is 6.14. The molecule has 0 spiro atoms. The van der Waals surface area contributed by atoms with Crippen molar-refractivity contribution in [1.82, 2.24) is 9.97 Å². The average molecular weight is 352 g/mol.